The monoisotopic (exact) mass is 411 g/mol. The molecular weight excluding hydrogens is 392 g/mol. The number of imide groups is 1. The predicted octanol–water partition coefficient (Wildman–Crippen LogP) is 2.26. The fourth-order valence-electron chi connectivity index (χ4n) is 4.11. The molecule has 2 amide bonds. The Labute approximate surface area is 170 Å². The third-order valence-electron chi connectivity index (χ3n) is 5.75. The summed E-state index contributed by atoms with van der Waals surface area (Å²) in [4.78, 5) is 30.4. The van der Waals surface area contributed by atoms with Gasteiger partial charge in [-0.05, 0) is 36.4 Å². The molecule has 1 saturated heterocycles. The standard InChI is InChI=1S/C21H19F2N5O2/c22-13-1-3-15-17(11-13)21(30)28(20(15)29)10-7-26-5-8-27(9-6-26)19-16-4-2-14(23)12-18(16)24-25-19/h1-4,11-12H,5-10H2,(H,24,25). The van der Waals surface area contributed by atoms with E-state index in [0.29, 0.717) is 12.1 Å². The maximum Gasteiger partial charge on any atom is 0.261 e. The van der Waals surface area contributed by atoms with Crippen LogP contribution in [0.3, 0.4) is 0 Å². The number of amides is 2. The first-order valence-corrected chi connectivity index (χ1v) is 9.78. The predicted molar refractivity (Wildman–Crippen MR) is 106 cm³/mol. The van der Waals surface area contributed by atoms with Gasteiger partial charge in [-0.2, -0.15) is 5.10 Å². The largest absolute Gasteiger partial charge is 0.352 e. The molecule has 0 bridgehead atoms. The van der Waals surface area contributed by atoms with Gasteiger partial charge in [-0.3, -0.25) is 24.5 Å². The number of hydrogen-bond acceptors (Lipinski definition) is 5. The molecule has 0 radical (unpaired) electrons. The average Bonchev–Trinajstić information content (AvgIpc) is 3.26. The fraction of sp³-hybridized carbons (Fsp3) is 0.286. The molecule has 2 aromatic carbocycles. The first-order valence-electron chi connectivity index (χ1n) is 9.78. The third-order valence-corrected chi connectivity index (χ3v) is 5.75. The number of aromatic amines is 1. The number of aromatic nitrogens is 2. The first-order chi connectivity index (χ1) is 14.5. The Morgan fingerprint density at radius 3 is 2.37 bits per heavy atom. The van der Waals surface area contributed by atoms with Crippen molar-refractivity contribution >= 4 is 28.5 Å². The van der Waals surface area contributed by atoms with Crippen LogP contribution in [0.1, 0.15) is 20.7 Å². The molecule has 0 spiro atoms. The van der Waals surface area contributed by atoms with Crippen LogP contribution in [0.15, 0.2) is 36.4 Å². The van der Waals surface area contributed by atoms with E-state index in [2.05, 4.69) is 20.0 Å². The Morgan fingerprint density at radius 2 is 1.57 bits per heavy atom. The number of nitrogens with one attached hydrogen (secondary N) is 1. The SMILES string of the molecule is O=C1c2ccc(F)cc2C(=O)N1CCN1CCN(c2n[nH]c3cc(F)ccc23)CC1. The minimum absolute atomic E-state index is 0.131. The molecule has 3 aromatic rings. The van der Waals surface area contributed by atoms with Crippen molar-refractivity contribution in [3.8, 4) is 0 Å². The van der Waals surface area contributed by atoms with E-state index in [1.807, 2.05) is 0 Å². The lowest BCUT2D eigenvalue weighted by Gasteiger charge is -2.35. The van der Waals surface area contributed by atoms with Crippen molar-refractivity contribution in [2.24, 2.45) is 0 Å². The number of piperazine rings is 1. The Morgan fingerprint density at radius 1 is 0.867 bits per heavy atom. The number of hydrogen-bond donors (Lipinski definition) is 1. The van der Waals surface area contributed by atoms with Gasteiger partial charge in [0.2, 0.25) is 0 Å². The van der Waals surface area contributed by atoms with Gasteiger partial charge in [-0.1, -0.05) is 0 Å². The Hall–Kier alpha value is -3.33. The molecule has 9 heteroatoms. The number of carbonyl (C=O) groups is 2. The highest BCUT2D eigenvalue weighted by molar-refractivity contribution is 6.21. The second kappa shape index (κ2) is 7.17. The van der Waals surface area contributed by atoms with Crippen LogP contribution in [0.4, 0.5) is 14.6 Å². The summed E-state index contributed by atoms with van der Waals surface area (Å²) in [5, 5.41) is 8.08. The van der Waals surface area contributed by atoms with Crippen LogP contribution in [-0.4, -0.2) is 71.1 Å². The summed E-state index contributed by atoms with van der Waals surface area (Å²) < 4.78 is 26.8. The van der Waals surface area contributed by atoms with E-state index in [-0.39, 0.29) is 29.4 Å². The normalized spacial score (nSPS) is 17.3. The number of H-pyrrole nitrogens is 1. The molecule has 5 rings (SSSR count). The van der Waals surface area contributed by atoms with Gasteiger partial charge in [0.15, 0.2) is 5.82 Å². The number of benzene rings is 2. The number of halogens is 2. The van der Waals surface area contributed by atoms with E-state index in [1.165, 1.54) is 29.2 Å². The zero-order valence-electron chi connectivity index (χ0n) is 16.1. The zero-order chi connectivity index (χ0) is 20.8. The topological polar surface area (TPSA) is 72.5 Å². The van der Waals surface area contributed by atoms with Crippen molar-refractivity contribution in [1.82, 2.24) is 20.0 Å². The molecule has 1 aromatic heterocycles. The highest BCUT2D eigenvalue weighted by Gasteiger charge is 2.35. The summed E-state index contributed by atoms with van der Waals surface area (Å²) in [6.45, 7) is 3.75. The maximum absolute atomic E-state index is 13.4. The second-order valence-electron chi connectivity index (χ2n) is 7.52. The van der Waals surface area contributed by atoms with E-state index < -0.39 is 11.7 Å². The highest BCUT2D eigenvalue weighted by Crippen LogP contribution is 2.26. The quantitative estimate of drug-likeness (QED) is 0.667. The Bertz CT molecular complexity index is 1150. The molecule has 30 heavy (non-hydrogen) atoms. The van der Waals surface area contributed by atoms with Gasteiger partial charge in [0.25, 0.3) is 11.8 Å². The molecular formula is C21H19F2N5O2. The smallest absolute Gasteiger partial charge is 0.261 e. The maximum atomic E-state index is 13.4. The molecule has 0 aliphatic carbocycles. The number of fused-ring (bicyclic) bond motifs is 2. The summed E-state index contributed by atoms with van der Waals surface area (Å²) >= 11 is 0. The Kier molecular flexibility index (Phi) is 4.47. The Balaban J connectivity index is 1.20. The minimum Gasteiger partial charge on any atom is -0.352 e. The lowest BCUT2D eigenvalue weighted by molar-refractivity contribution is 0.0634. The minimum atomic E-state index is -0.526. The molecule has 7 nitrogen and oxygen atoms in total. The van der Waals surface area contributed by atoms with Crippen molar-refractivity contribution in [1.29, 1.82) is 0 Å². The van der Waals surface area contributed by atoms with Gasteiger partial charge in [0.05, 0.1) is 16.6 Å². The molecule has 3 heterocycles. The van der Waals surface area contributed by atoms with E-state index >= 15 is 0 Å². The molecule has 0 atom stereocenters. The lowest BCUT2D eigenvalue weighted by Crippen LogP contribution is -2.49. The molecule has 2 aliphatic rings. The van der Waals surface area contributed by atoms with Gasteiger partial charge in [0, 0.05) is 44.7 Å². The van der Waals surface area contributed by atoms with Crippen LogP contribution in [0.2, 0.25) is 0 Å². The van der Waals surface area contributed by atoms with E-state index in [4.69, 9.17) is 0 Å². The van der Waals surface area contributed by atoms with Crippen LogP contribution in [0.5, 0.6) is 0 Å². The average molecular weight is 411 g/mol. The van der Waals surface area contributed by atoms with Crippen LogP contribution in [0, 0.1) is 11.6 Å². The highest BCUT2D eigenvalue weighted by atomic mass is 19.1. The van der Waals surface area contributed by atoms with Crippen LogP contribution >= 0.6 is 0 Å². The number of rotatable bonds is 4. The second-order valence-corrected chi connectivity index (χ2v) is 7.52. The zero-order valence-corrected chi connectivity index (χ0v) is 16.1. The number of anilines is 1. The molecule has 2 aliphatic heterocycles. The van der Waals surface area contributed by atoms with Crippen LogP contribution in [0.25, 0.3) is 10.9 Å². The lowest BCUT2D eigenvalue weighted by atomic mass is 10.1. The fourth-order valence-corrected chi connectivity index (χ4v) is 4.11. The van der Waals surface area contributed by atoms with Crippen molar-refractivity contribution < 1.29 is 18.4 Å². The molecule has 1 N–H and O–H groups in total. The summed E-state index contributed by atoms with van der Waals surface area (Å²) in [5.74, 6) is -0.848. The van der Waals surface area contributed by atoms with Crippen molar-refractivity contribution in [3.05, 3.63) is 59.2 Å². The van der Waals surface area contributed by atoms with Gasteiger partial charge < -0.3 is 4.90 Å². The van der Waals surface area contributed by atoms with E-state index in [0.717, 1.165) is 43.4 Å². The van der Waals surface area contributed by atoms with Crippen molar-refractivity contribution in [2.75, 3.05) is 44.2 Å². The van der Waals surface area contributed by atoms with Crippen LogP contribution < -0.4 is 4.90 Å². The van der Waals surface area contributed by atoms with Gasteiger partial charge >= 0.3 is 0 Å². The van der Waals surface area contributed by atoms with E-state index in [1.54, 1.807) is 6.07 Å². The number of carbonyl (C=O) groups excluding carboxylic acids is 2. The van der Waals surface area contributed by atoms with Crippen LogP contribution in [-0.2, 0) is 0 Å². The summed E-state index contributed by atoms with van der Waals surface area (Å²) in [7, 11) is 0. The molecule has 154 valence electrons. The summed E-state index contributed by atoms with van der Waals surface area (Å²) in [5.41, 5.74) is 1.05. The molecule has 1 fully saturated rings. The number of nitrogens with zero attached hydrogens (tertiary/aromatic N) is 4. The molecule has 0 saturated carbocycles. The summed E-state index contributed by atoms with van der Waals surface area (Å²) in [6.07, 6.45) is 0. The van der Waals surface area contributed by atoms with Crippen molar-refractivity contribution in [3.63, 3.8) is 0 Å². The van der Waals surface area contributed by atoms with Crippen molar-refractivity contribution in [2.45, 2.75) is 0 Å². The van der Waals surface area contributed by atoms with Gasteiger partial charge in [-0.25, -0.2) is 8.78 Å². The molecule has 0 unspecified atom stereocenters. The third kappa shape index (κ3) is 3.11. The first kappa shape index (κ1) is 18.7. The van der Waals surface area contributed by atoms with Gasteiger partial charge in [-0.15, -0.1) is 0 Å². The van der Waals surface area contributed by atoms with Gasteiger partial charge in [0.1, 0.15) is 11.6 Å². The van der Waals surface area contributed by atoms with E-state index in [9.17, 15) is 18.4 Å². The summed E-state index contributed by atoms with van der Waals surface area (Å²) in [6, 6.07) is 8.25.